The molecule has 5 nitrogen and oxygen atoms in total. The number of nitrogens with two attached hydrogens (primary N) is 1. The first-order valence-electron chi connectivity index (χ1n) is 3.89. The van der Waals surface area contributed by atoms with Gasteiger partial charge in [-0.25, -0.2) is 0 Å². The number of nitrogens with zero attached hydrogens (tertiary/aromatic N) is 1. The van der Waals surface area contributed by atoms with Crippen LogP contribution in [-0.4, -0.2) is 22.7 Å². The summed E-state index contributed by atoms with van der Waals surface area (Å²) in [7, 11) is 0. The normalized spacial score (nSPS) is 18.3. The molecule has 1 rings (SSSR count). The molecule has 0 fully saturated rings. The summed E-state index contributed by atoms with van der Waals surface area (Å²) in [5.41, 5.74) is 5.45. The molecular formula is C9H8N2O3. The van der Waals surface area contributed by atoms with Gasteiger partial charge in [-0.05, 0) is 6.08 Å². The molecule has 0 unspecified atom stereocenters. The van der Waals surface area contributed by atoms with Gasteiger partial charge in [0.15, 0.2) is 11.5 Å². The van der Waals surface area contributed by atoms with Crippen molar-refractivity contribution in [1.29, 1.82) is 5.26 Å². The first-order chi connectivity index (χ1) is 6.56. The van der Waals surface area contributed by atoms with Crippen molar-refractivity contribution in [1.82, 2.24) is 0 Å². The molecule has 0 spiro atoms. The predicted molar refractivity (Wildman–Crippen MR) is 47.0 cm³/mol. The zero-order valence-electron chi connectivity index (χ0n) is 7.23. The van der Waals surface area contributed by atoms with E-state index in [0.29, 0.717) is 0 Å². The Balaban J connectivity index is 2.95. The van der Waals surface area contributed by atoms with Gasteiger partial charge in [0.25, 0.3) is 0 Å². The van der Waals surface area contributed by atoms with Gasteiger partial charge in [-0.2, -0.15) is 5.26 Å². The van der Waals surface area contributed by atoms with Crippen molar-refractivity contribution in [3.8, 4) is 6.07 Å². The van der Waals surface area contributed by atoms with Crippen molar-refractivity contribution < 1.29 is 14.7 Å². The Kier molecular flexibility index (Phi) is 2.79. The van der Waals surface area contributed by atoms with Gasteiger partial charge in [0.2, 0.25) is 5.78 Å². The first-order valence-corrected chi connectivity index (χ1v) is 3.89. The van der Waals surface area contributed by atoms with Crippen LogP contribution in [0.1, 0.15) is 6.42 Å². The smallest absolute Gasteiger partial charge is 0.225 e. The Morgan fingerprint density at radius 2 is 2.14 bits per heavy atom. The molecule has 72 valence electrons. The molecule has 0 aromatic rings. The fourth-order valence-corrected chi connectivity index (χ4v) is 1.09. The molecule has 0 aromatic heterocycles. The SMILES string of the molecule is N#CC[C@@H](N)C1=CC(=O)C=C(O)C1=O. The fraction of sp³-hybridized carbons (Fsp3) is 0.222. The summed E-state index contributed by atoms with van der Waals surface area (Å²) in [6, 6.07) is 0.958. The minimum atomic E-state index is -0.827. The molecule has 0 saturated carbocycles. The van der Waals surface area contributed by atoms with Crippen LogP contribution in [0.25, 0.3) is 0 Å². The van der Waals surface area contributed by atoms with Gasteiger partial charge >= 0.3 is 0 Å². The molecule has 0 amide bonds. The summed E-state index contributed by atoms with van der Waals surface area (Å²) in [6.07, 6.45) is 1.80. The summed E-state index contributed by atoms with van der Waals surface area (Å²) < 4.78 is 0. The molecule has 0 radical (unpaired) electrons. The molecule has 0 saturated heterocycles. The highest BCUT2D eigenvalue weighted by Crippen LogP contribution is 2.14. The highest BCUT2D eigenvalue weighted by molar-refractivity contribution is 6.19. The van der Waals surface area contributed by atoms with Gasteiger partial charge in [0.05, 0.1) is 12.5 Å². The molecule has 1 aliphatic carbocycles. The average molecular weight is 192 g/mol. The maximum absolute atomic E-state index is 11.3. The minimum absolute atomic E-state index is 0.0171. The van der Waals surface area contributed by atoms with Crippen LogP contribution >= 0.6 is 0 Å². The molecule has 3 N–H and O–H groups in total. The van der Waals surface area contributed by atoms with Gasteiger partial charge in [-0.3, -0.25) is 9.59 Å². The standard InChI is InChI=1S/C9H8N2O3/c10-2-1-7(11)6-3-5(12)4-8(13)9(6)14/h3-4,7,13H,1,11H2/t7-/m1/s1. The summed E-state index contributed by atoms with van der Waals surface area (Å²) >= 11 is 0. The molecule has 14 heavy (non-hydrogen) atoms. The summed E-state index contributed by atoms with van der Waals surface area (Å²) in [5, 5.41) is 17.4. The third-order valence-corrected chi connectivity index (χ3v) is 1.78. The van der Waals surface area contributed by atoms with Crippen LogP contribution in [0.5, 0.6) is 0 Å². The molecule has 1 aliphatic rings. The van der Waals surface area contributed by atoms with Crippen molar-refractivity contribution in [3.05, 3.63) is 23.5 Å². The van der Waals surface area contributed by atoms with Crippen LogP contribution in [0.3, 0.4) is 0 Å². The van der Waals surface area contributed by atoms with E-state index in [4.69, 9.17) is 16.1 Å². The highest BCUT2D eigenvalue weighted by Gasteiger charge is 2.25. The maximum atomic E-state index is 11.3. The van der Waals surface area contributed by atoms with Gasteiger partial charge in [-0.1, -0.05) is 0 Å². The Morgan fingerprint density at radius 1 is 1.50 bits per heavy atom. The zero-order chi connectivity index (χ0) is 10.7. The second kappa shape index (κ2) is 3.85. The molecular weight excluding hydrogens is 184 g/mol. The molecule has 0 bridgehead atoms. The first kappa shape index (κ1) is 10.2. The van der Waals surface area contributed by atoms with Crippen molar-refractivity contribution in [3.63, 3.8) is 0 Å². The third kappa shape index (κ3) is 1.87. The van der Waals surface area contributed by atoms with E-state index in [1.165, 1.54) is 0 Å². The number of ketones is 2. The van der Waals surface area contributed by atoms with Crippen LogP contribution in [0.2, 0.25) is 0 Å². The number of carbonyl (C=O) groups excluding carboxylic acids is 2. The van der Waals surface area contributed by atoms with Crippen LogP contribution < -0.4 is 5.73 Å². The number of hydrogen-bond acceptors (Lipinski definition) is 5. The van der Waals surface area contributed by atoms with Crippen molar-refractivity contribution in [2.24, 2.45) is 5.73 Å². The number of rotatable bonds is 2. The lowest BCUT2D eigenvalue weighted by molar-refractivity contribution is -0.117. The van der Waals surface area contributed by atoms with Gasteiger partial charge < -0.3 is 10.8 Å². The predicted octanol–water partition coefficient (Wildman–Crippen LogP) is -0.253. The van der Waals surface area contributed by atoms with E-state index in [2.05, 4.69) is 0 Å². The molecule has 0 aliphatic heterocycles. The second-order valence-electron chi connectivity index (χ2n) is 2.83. The van der Waals surface area contributed by atoms with Crippen molar-refractivity contribution in [2.75, 3.05) is 0 Å². The number of nitriles is 1. The van der Waals surface area contributed by atoms with Gasteiger partial charge in [0, 0.05) is 17.7 Å². The Labute approximate surface area is 80.1 Å². The topological polar surface area (TPSA) is 104 Å². The second-order valence-corrected chi connectivity index (χ2v) is 2.83. The summed E-state index contributed by atoms with van der Waals surface area (Å²) in [5.74, 6) is -1.81. The lowest BCUT2D eigenvalue weighted by Gasteiger charge is -2.13. The van der Waals surface area contributed by atoms with E-state index >= 15 is 0 Å². The Bertz CT molecular complexity index is 387. The van der Waals surface area contributed by atoms with Crippen LogP contribution in [0, 0.1) is 11.3 Å². The van der Waals surface area contributed by atoms with Crippen LogP contribution in [0.4, 0.5) is 0 Å². The summed E-state index contributed by atoms with van der Waals surface area (Å²) in [6.45, 7) is 0. The Morgan fingerprint density at radius 3 is 2.71 bits per heavy atom. The number of Topliss-reactive ketones (excluding diaryl/α,β-unsaturated/α-hetero) is 1. The monoisotopic (exact) mass is 192 g/mol. The number of allylic oxidation sites excluding steroid dienone is 3. The number of aliphatic hydroxyl groups is 1. The molecule has 0 aromatic carbocycles. The largest absolute Gasteiger partial charge is 0.504 e. The van der Waals surface area contributed by atoms with E-state index in [9.17, 15) is 9.59 Å². The Hall–Kier alpha value is -1.93. The van der Waals surface area contributed by atoms with E-state index < -0.39 is 23.4 Å². The molecule has 5 heteroatoms. The van der Waals surface area contributed by atoms with Gasteiger partial charge in [-0.15, -0.1) is 0 Å². The van der Waals surface area contributed by atoms with Gasteiger partial charge in [0.1, 0.15) is 0 Å². The lowest BCUT2D eigenvalue weighted by Crippen LogP contribution is -2.30. The molecule has 1 atom stereocenters. The zero-order valence-corrected chi connectivity index (χ0v) is 7.23. The average Bonchev–Trinajstić information content (AvgIpc) is 2.11. The van der Waals surface area contributed by atoms with Crippen LogP contribution in [0.15, 0.2) is 23.5 Å². The minimum Gasteiger partial charge on any atom is -0.504 e. The lowest BCUT2D eigenvalue weighted by atomic mass is 9.94. The van der Waals surface area contributed by atoms with E-state index in [1.807, 2.05) is 0 Å². The van der Waals surface area contributed by atoms with E-state index in [-0.39, 0.29) is 12.0 Å². The van der Waals surface area contributed by atoms with Crippen molar-refractivity contribution in [2.45, 2.75) is 12.5 Å². The number of carbonyl (C=O) groups is 2. The van der Waals surface area contributed by atoms with E-state index in [1.54, 1.807) is 6.07 Å². The molecule has 0 heterocycles. The van der Waals surface area contributed by atoms with Crippen LogP contribution in [-0.2, 0) is 9.59 Å². The van der Waals surface area contributed by atoms with Crippen molar-refractivity contribution >= 4 is 11.6 Å². The third-order valence-electron chi connectivity index (χ3n) is 1.78. The number of aliphatic hydroxyl groups excluding tert-OH is 1. The maximum Gasteiger partial charge on any atom is 0.225 e. The quantitative estimate of drug-likeness (QED) is 0.587. The summed E-state index contributed by atoms with van der Waals surface area (Å²) in [4.78, 5) is 22.2. The fourth-order valence-electron chi connectivity index (χ4n) is 1.09. The highest BCUT2D eigenvalue weighted by atomic mass is 16.3. The number of hydrogen-bond donors (Lipinski definition) is 2. The van der Waals surface area contributed by atoms with E-state index in [0.717, 1.165) is 12.2 Å².